The Balaban J connectivity index is 2.16. The average Bonchev–Trinajstić information content (AvgIpc) is 2.28. The van der Waals surface area contributed by atoms with Crippen molar-refractivity contribution >= 4 is 5.69 Å². The predicted molar refractivity (Wildman–Crippen MR) is 65.4 cm³/mol. The van der Waals surface area contributed by atoms with Crippen LogP contribution in [0.25, 0.3) is 0 Å². The molecule has 3 heteroatoms. The monoisotopic (exact) mass is 222 g/mol. The van der Waals surface area contributed by atoms with Crippen molar-refractivity contribution in [1.29, 1.82) is 0 Å². The molecule has 0 spiro atoms. The summed E-state index contributed by atoms with van der Waals surface area (Å²) in [6, 6.07) is 5.78. The van der Waals surface area contributed by atoms with Gasteiger partial charge < -0.3 is 10.2 Å². The van der Waals surface area contributed by atoms with E-state index >= 15 is 0 Å². The van der Waals surface area contributed by atoms with Crippen molar-refractivity contribution in [3.8, 4) is 0 Å². The zero-order valence-electron chi connectivity index (χ0n) is 9.96. The molecule has 0 aromatic heterocycles. The molecule has 0 radical (unpaired) electrons. The van der Waals surface area contributed by atoms with Crippen molar-refractivity contribution in [3.05, 3.63) is 29.6 Å². The van der Waals surface area contributed by atoms with Gasteiger partial charge in [0.2, 0.25) is 0 Å². The maximum atomic E-state index is 13.3. The van der Waals surface area contributed by atoms with Crippen molar-refractivity contribution < 1.29 is 4.39 Å². The van der Waals surface area contributed by atoms with Crippen molar-refractivity contribution in [3.63, 3.8) is 0 Å². The summed E-state index contributed by atoms with van der Waals surface area (Å²) in [6.07, 6.45) is 1.12. The SMILES string of the molecule is CCC1CN(c2cc(C)cc(F)c2)CCN1. The van der Waals surface area contributed by atoms with E-state index in [1.807, 2.05) is 6.92 Å². The molecule has 0 amide bonds. The molecule has 1 aromatic carbocycles. The van der Waals surface area contributed by atoms with Crippen LogP contribution in [0.3, 0.4) is 0 Å². The van der Waals surface area contributed by atoms with Crippen molar-refractivity contribution in [2.75, 3.05) is 24.5 Å². The minimum Gasteiger partial charge on any atom is -0.369 e. The standard InChI is InChI=1S/C13H19FN2/c1-3-12-9-16(5-4-15-12)13-7-10(2)6-11(14)8-13/h6-8,12,15H,3-5,9H2,1-2H3. The highest BCUT2D eigenvalue weighted by molar-refractivity contribution is 5.49. The van der Waals surface area contributed by atoms with E-state index in [1.165, 1.54) is 0 Å². The Labute approximate surface area is 96.5 Å². The number of anilines is 1. The van der Waals surface area contributed by atoms with Gasteiger partial charge in [-0.2, -0.15) is 0 Å². The molecule has 0 saturated carbocycles. The maximum absolute atomic E-state index is 13.3. The van der Waals surface area contributed by atoms with Crippen LogP contribution < -0.4 is 10.2 Å². The Bertz CT molecular complexity index is 345. The van der Waals surface area contributed by atoms with Gasteiger partial charge in [0, 0.05) is 31.4 Å². The summed E-state index contributed by atoms with van der Waals surface area (Å²) < 4.78 is 13.3. The summed E-state index contributed by atoms with van der Waals surface area (Å²) in [7, 11) is 0. The van der Waals surface area contributed by atoms with E-state index in [9.17, 15) is 4.39 Å². The fourth-order valence-corrected chi connectivity index (χ4v) is 2.23. The van der Waals surface area contributed by atoms with Gasteiger partial charge in [0.1, 0.15) is 5.82 Å². The molecule has 1 saturated heterocycles. The molecule has 2 nitrogen and oxygen atoms in total. The van der Waals surface area contributed by atoms with Crippen molar-refractivity contribution in [2.45, 2.75) is 26.3 Å². The topological polar surface area (TPSA) is 15.3 Å². The molecule has 2 rings (SSSR count). The minimum atomic E-state index is -0.137. The van der Waals surface area contributed by atoms with Crippen LogP contribution in [0.4, 0.5) is 10.1 Å². The third-order valence-corrected chi connectivity index (χ3v) is 3.14. The van der Waals surface area contributed by atoms with Crippen molar-refractivity contribution in [2.24, 2.45) is 0 Å². The number of rotatable bonds is 2. The van der Waals surface area contributed by atoms with Crippen LogP contribution in [0.2, 0.25) is 0 Å². The Hall–Kier alpha value is -1.09. The van der Waals surface area contributed by atoms with E-state index in [0.717, 1.165) is 37.3 Å². The maximum Gasteiger partial charge on any atom is 0.125 e. The molecular weight excluding hydrogens is 203 g/mol. The second-order valence-corrected chi connectivity index (χ2v) is 4.49. The molecule has 1 aliphatic heterocycles. The number of nitrogens with zero attached hydrogens (tertiary/aromatic N) is 1. The van der Waals surface area contributed by atoms with Gasteiger partial charge in [0.15, 0.2) is 0 Å². The third kappa shape index (κ3) is 2.53. The number of piperazine rings is 1. The molecule has 1 aromatic rings. The molecule has 1 atom stereocenters. The van der Waals surface area contributed by atoms with Gasteiger partial charge in [-0.3, -0.25) is 0 Å². The Morgan fingerprint density at radius 3 is 2.94 bits per heavy atom. The first-order valence-electron chi connectivity index (χ1n) is 5.94. The normalized spacial score (nSPS) is 21.2. The Morgan fingerprint density at radius 2 is 2.25 bits per heavy atom. The molecule has 1 fully saturated rings. The number of nitrogens with one attached hydrogen (secondary N) is 1. The summed E-state index contributed by atoms with van der Waals surface area (Å²) in [5.41, 5.74) is 2.00. The van der Waals surface area contributed by atoms with Crippen LogP contribution in [0.5, 0.6) is 0 Å². The van der Waals surface area contributed by atoms with Gasteiger partial charge in [-0.1, -0.05) is 6.92 Å². The average molecular weight is 222 g/mol. The highest BCUT2D eigenvalue weighted by atomic mass is 19.1. The van der Waals surface area contributed by atoms with Crippen LogP contribution in [-0.4, -0.2) is 25.7 Å². The molecule has 16 heavy (non-hydrogen) atoms. The predicted octanol–water partition coefficient (Wildman–Crippen LogP) is 2.32. The first-order chi connectivity index (χ1) is 7.69. The number of hydrogen-bond acceptors (Lipinski definition) is 2. The smallest absolute Gasteiger partial charge is 0.125 e. The lowest BCUT2D eigenvalue weighted by Gasteiger charge is -2.35. The molecule has 0 bridgehead atoms. The van der Waals surface area contributed by atoms with Crippen LogP contribution in [0.15, 0.2) is 18.2 Å². The minimum absolute atomic E-state index is 0.137. The van der Waals surface area contributed by atoms with Gasteiger partial charge in [0.05, 0.1) is 0 Å². The van der Waals surface area contributed by atoms with E-state index in [4.69, 9.17) is 0 Å². The van der Waals surface area contributed by atoms with Crippen LogP contribution in [0, 0.1) is 12.7 Å². The van der Waals surface area contributed by atoms with Gasteiger partial charge in [-0.05, 0) is 37.1 Å². The second kappa shape index (κ2) is 4.83. The highest BCUT2D eigenvalue weighted by Gasteiger charge is 2.18. The lowest BCUT2D eigenvalue weighted by molar-refractivity contribution is 0.446. The third-order valence-electron chi connectivity index (χ3n) is 3.14. The number of aryl methyl sites for hydroxylation is 1. The molecule has 1 N–H and O–H groups in total. The zero-order valence-corrected chi connectivity index (χ0v) is 9.96. The van der Waals surface area contributed by atoms with Crippen LogP contribution in [-0.2, 0) is 0 Å². The Morgan fingerprint density at radius 1 is 1.44 bits per heavy atom. The lowest BCUT2D eigenvalue weighted by Crippen LogP contribution is -2.50. The Kier molecular flexibility index (Phi) is 3.44. The lowest BCUT2D eigenvalue weighted by atomic mass is 10.1. The fraction of sp³-hybridized carbons (Fsp3) is 0.538. The van der Waals surface area contributed by atoms with Gasteiger partial charge in [0.25, 0.3) is 0 Å². The quantitative estimate of drug-likeness (QED) is 0.826. The molecule has 1 heterocycles. The molecule has 1 unspecified atom stereocenters. The van der Waals surface area contributed by atoms with E-state index in [2.05, 4.69) is 23.2 Å². The summed E-state index contributed by atoms with van der Waals surface area (Å²) in [4.78, 5) is 2.26. The summed E-state index contributed by atoms with van der Waals surface area (Å²) in [5.74, 6) is -0.137. The summed E-state index contributed by atoms with van der Waals surface area (Å²) in [6.45, 7) is 7.02. The number of hydrogen-bond donors (Lipinski definition) is 1. The van der Waals surface area contributed by atoms with Gasteiger partial charge >= 0.3 is 0 Å². The fourth-order valence-electron chi connectivity index (χ4n) is 2.23. The van der Waals surface area contributed by atoms with E-state index in [-0.39, 0.29) is 5.82 Å². The molecule has 0 aliphatic carbocycles. The summed E-state index contributed by atoms with van der Waals surface area (Å²) >= 11 is 0. The van der Waals surface area contributed by atoms with E-state index < -0.39 is 0 Å². The first-order valence-corrected chi connectivity index (χ1v) is 5.94. The molecule has 1 aliphatic rings. The molecule has 88 valence electrons. The van der Waals surface area contributed by atoms with E-state index in [1.54, 1.807) is 12.1 Å². The molecular formula is C13H19FN2. The second-order valence-electron chi connectivity index (χ2n) is 4.49. The number of benzene rings is 1. The largest absolute Gasteiger partial charge is 0.369 e. The van der Waals surface area contributed by atoms with Gasteiger partial charge in [-0.15, -0.1) is 0 Å². The van der Waals surface area contributed by atoms with Crippen LogP contribution in [0.1, 0.15) is 18.9 Å². The highest BCUT2D eigenvalue weighted by Crippen LogP contribution is 2.20. The number of halogens is 1. The first kappa shape index (κ1) is 11.4. The van der Waals surface area contributed by atoms with Crippen molar-refractivity contribution in [1.82, 2.24) is 5.32 Å². The van der Waals surface area contributed by atoms with E-state index in [0.29, 0.717) is 6.04 Å². The van der Waals surface area contributed by atoms with Gasteiger partial charge in [-0.25, -0.2) is 4.39 Å². The van der Waals surface area contributed by atoms with Crippen LogP contribution >= 0.6 is 0 Å². The zero-order chi connectivity index (χ0) is 11.5. The summed E-state index contributed by atoms with van der Waals surface area (Å²) in [5, 5.41) is 3.46.